The van der Waals surface area contributed by atoms with Crippen molar-refractivity contribution in [3.63, 3.8) is 0 Å². The van der Waals surface area contributed by atoms with Gasteiger partial charge in [0.1, 0.15) is 6.04 Å². The summed E-state index contributed by atoms with van der Waals surface area (Å²) in [6.45, 7) is 10.2. The van der Waals surface area contributed by atoms with E-state index < -0.39 is 54.1 Å². The van der Waals surface area contributed by atoms with Crippen molar-refractivity contribution in [3.05, 3.63) is 35.9 Å². The lowest BCUT2D eigenvalue weighted by Gasteiger charge is -2.44. The normalized spacial score (nSPS) is 21.8. The average molecular weight is 731 g/mol. The molecule has 0 radical (unpaired) electrons. The van der Waals surface area contributed by atoms with Crippen LogP contribution in [-0.2, 0) is 35.1 Å². The fraction of sp³-hybridized carbons (Fsp3) is 0.711. The van der Waals surface area contributed by atoms with Crippen molar-refractivity contribution in [1.29, 1.82) is 0 Å². The number of nitrogens with two attached hydrogens (primary N) is 1. The SMILES string of the molecule is CC[C@H](C)[C@@H]([C@@H](CC(=O)N1CCC[C@H]1[C@H](OC)[C@@H](C)C(=O)N[C@H](CO)Cc1ccccc1)OC)N(C)C(=O)[C@@H](C(C)C)C1C(=O)NCCN1C(N)=O. The van der Waals surface area contributed by atoms with Crippen LogP contribution in [0.3, 0.4) is 0 Å². The van der Waals surface area contributed by atoms with Crippen molar-refractivity contribution >= 4 is 29.7 Å². The lowest BCUT2D eigenvalue weighted by atomic mass is 9.83. The van der Waals surface area contributed by atoms with Crippen LogP contribution in [0.25, 0.3) is 0 Å². The number of likely N-dealkylation sites (tertiary alicyclic amines) is 1. The van der Waals surface area contributed by atoms with Gasteiger partial charge in [0.2, 0.25) is 23.6 Å². The summed E-state index contributed by atoms with van der Waals surface area (Å²) in [5.41, 5.74) is 6.65. The second-order valence-corrected chi connectivity index (χ2v) is 14.7. The Balaban J connectivity index is 1.80. The predicted octanol–water partition coefficient (Wildman–Crippen LogP) is 1.78. The summed E-state index contributed by atoms with van der Waals surface area (Å²) in [7, 11) is 4.73. The summed E-state index contributed by atoms with van der Waals surface area (Å²) in [6, 6.07) is 6.42. The Morgan fingerprint density at radius 3 is 2.29 bits per heavy atom. The van der Waals surface area contributed by atoms with Crippen molar-refractivity contribution < 1.29 is 38.6 Å². The van der Waals surface area contributed by atoms with E-state index in [4.69, 9.17) is 15.2 Å². The van der Waals surface area contributed by atoms with Crippen LogP contribution in [0.4, 0.5) is 4.79 Å². The van der Waals surface area contributed by atoms with Crippen LogP contribution in [0.1, 0.15) is 65.9 Å². The molecule has 14 nitrogen and oxygen atoms in total. The maximum Gasteiger partial charge on any atom is 0.315 e. The van der Waals surface area contributed by atoms with Crippen LogP contribution in [0.2, 0.25) is 0 Å². The highest BCUT2D eigenvalue weighted by molar-refractivity contribution is 5.94. The van der Waals surface area contributed by atoms with E-state index in [2.05, 4.69) is 10.6 Å². The van der Waals surface area contributed by atoms with Gasteiger partial charge in [-0.2, -0.15) is 0 Å². The first-order valence-electron chi connectivity index (χ1n) is 18.6. The standard InChI is InChI=1S/C38H62N6O8/c1-9-24(4)32(42(6)37(49)31(23(2)3)33-36(48)40-17-19-44(33)38(39)50)29(51-7)21-30(46)43-18-13-16-28(43)34(52-8)25(5)35(47)41-27(22-45)20-26-14-11-10-12-15-26/h10-12,14-15,23-25,27-29,31-34,45H,9,13,16-22H2,1-8H3,(H2,39,50)(H,40,48)(H,41,47)/t24-,25+,27-,28-,29+,31-,32-,33?,34+/m0/s1. The molecule has 1 aromatic carbocycles. The Labute approximate surface area is 309 Å². The molecule has 14 heteroatoms. The number of benzene rings is 1. The zero-order valence-corrected chi connectivity index (χ0v) is 32.2. The maximum absolute atomic E-state index is 14.4. The number of amides is 6. The van der Waals surface area contributed by atoms with E-state index >= 15 is 0 Å². The fourth-order valence-corrected chi connectivity index (χ4v) is 8.01. The van der Waals surface area contributed by atoms with Crippen LogP contribution < -0.4 is 16.4 Å². The summed E-state index contributed by atoms with van der Waals surface area (Å²) >= 11 is 0. The number of methoxy groups -OCH3 is 2. The Morgan fingerprint density at radius 1 is 1.06 bits per heavy atom. The lowest BCUT2D eigenvalue weighted by molar-refractivity contribution is -0.152. The predicted molar refractivity (Wildman–Crippen MR) is 197 cm³/mol. The third-order valence-electron chi connectivity index (χ3n) is 11.0. The molecule has 2 saturated heterocycles. The number of hydrogen-bond donors (Lipinski definition) is 4. The zero-order chi connectivity index (χ0) is 38.7. The van der Waals surface area contributed by atoms with Crippen molar-refractivity contribution in [1.82, 2.24) is 25.3 Å². The quantitative estimate of drug-likeness (QED) is 0.176. The molecule has 3 rings (SSSR count). The summed E-state index contributed by atoms with van der Waals surface area (Å²) in [5, 5.41) is 15.8. The molecular weight excluding hydrogens is 668 g/mol. The highest BCUT2D eigenvalue weighted by atomic mass is 16.5. The van der Waals surface area contributed by atoms with Crippen LogP contribution in [-0.4, -0.2) is 133 Å². The number of carbonyl (C=O) groups is 5. The topological polar surface area (TPSA) is 184 Å². The summed E-state index contributed by atoms with van der Waals surface area (Å²) in [5.74, 6) is -3.12. The molecule has 2 aliphatic rings. The molecule has 0 aromatic heterocycles. The third-order valence-corrected chi connectivity index (χ3v) is 11.0. The van der Waals surface area contributed by atoms with Crippen LogP contribution in [0.5, 0.6) is 0 Å². The first-order valence-corrected chi connectivity index (χ1v) is 18.6. The van der Waals surface area contributed by atoms with Gasteiger partial charge in [-0.1, -0.05) is 71.4 Å². The van der Waals surface area contributed by atoms with Gasteiger partial charge in [-0.3, -0.25) is 19.2 Å². The molecule has 2 heterocycles. The highest BCUT2D eigenvalue weighted by Gasteiger charge is 2.47. The third kappa shape index (κ3) is 10.2. The summed E-state index contributed by atoms with van der Waals surface area (Å²) < 4.78 is 11.9. The monoisotopic (exact) mass is 730 g/mol. The average Bonchev–Trinajstić information content (AvgIpc) is 3.61. The van der Waals surface area contributed by atoms with Gasteiger partial charge < -0.3 is 45.6 Å². The second kappa shape index (κ2) is 19.9. The van der Waals surface area contributed by atoms with E-state index in [-0.39, 0.29) is 61.7 Å². The molecule has 0 aliphatic carbocycles. The van der Waals surface area contributed by atoms with Gasteiger partial charge in [-0.15, -0.1) is 0 Å². The first-order chi connectivity index (χ1) is 24.7. The van der Waals surface area contributed by atoms with E-state index in [0.717, 1.165) is 12.0 Å². The molecule has 6 amide bonds. The zero-order valence-electron chi connectivity index (χ0n) is 32.2. The van der Waals surface area contributed by atoms with Gasteiger partial charge >= 0.3 is 6.03 Å². The smallest absolute Gasteiger partial charge is 0.315 e. The van der Waals surface area contributed by atoms with E-state index in [1.807, 2.05) is 58.0 Å². The molecule has 2 fully saturated rings. The van der Waals surface area contributed by atoms with Crippen LogP contribution in [0.15, 0.2) is 30.3 Å². The molecule has 5 N–H and O–H groups in total. The Hall–Kier alpha value is -3.75. The molecule has 0 spiro atoms. The maximum atomic E-state index is 14.4. The minimum Gasteiger partial charge on any atom is -0.394 e. The van der Waals surface area contributed by atoms with E-state index in [1.165, 1.54) is 19.1 Å². The first kappa shape index (κ1) is 42.7. The minimum absolute atomic E-state index is 0.0238. The van der Waals surface area contributed by atoms with E-state index in [9.17, 15) is 29.1 Å². The van der Waals surface area contributed by atoms with Gasteiger partial charge in [0.05, 0.1) is 55.2 Å². The van der Waals surface area contributed by atoms with Crippen molar-refractivity contribution in [2.45, 2.75) is 103 Å². The molecule has 2 aliphatic heterocycles. The number of piperazine rings is 1. The van der Waals surface area contributed by atoms with Crippen LogP contribution in [0, 0.1) is 23.7 Å². The number of nitrogens with one attached hydrogen (secondary N) is 2. The van der Waals surface area contributed by atoms with Crippen molar-refractivity contribution in [2.24, 2.45) is 29.4 Å². The number of aliphatic hydroxyl groups is 1. The molecular formula is C38H62N6O8. The number of aliphatic hydroxyl groups excluding tert-OH is 1. The van der Waals surface area contributed by atoms with E-state index in [0.29, 0.717) is 25.8 Å². The second-order valence-electron chi connectivity index (χ2n) is 14.7. The van der Waals surface area contributed by atoms with Gasteiger partial charge in [0.25, 0.3) is 0 Å². The van der Waals surface area contributed by atoms with Crippen LogP contribution >= 0.6 is 0 Å². The van der Waals surface area contributed by atoms with Gasteiger partial charge in [0, 0.05) is 40.9 Å². The number of likely N-dealkylation sites (N-methyl/N-ethyl adjacent to an activating group) is 1. The number of primary amides is 1. The van der Waals surface area contributed by atoms with E-state index in [1.54, 1.807) is 23.8 Å². The fourth-order valence-electron chi connectivity index (χ4n) is 8.01. The van der Waals surface area contributed by atoms with Crippen molar-refractivity contribution in [2.75, 3.05) is 47.5 Å². The largest absolute Gasteiger partial charge is 0.394 e. The molecule has 292 valence electrons. The number of urea groups is 1. The molecule has 0 saturated carbocycles. The number of carbonyl (C=O) groups excluding carboxylic acids is 5. The highest BCUT2D eigenvalue weighted by Crippen LogP contribution is 2.31. The number of hydrogen-bond acceptors (Lipinski definition) is 8. The molecule has 0 bridgehead atoms. The molecule has 1 aromatic rings. The molecule has 1 unspecified atom stereocenters. The number of nitrogens with zero attached hydrogens (tertiary/aromatic N) is 3. The van der Waals surface area contributed by atoms with Gasteiger partial charge in [0.15, 0.2) is 0 Å². The number of rotatable bonds is 18. The Morgan fingerprint density at radius 2 is 1.73 bits per heavy atom. The minimum atomic E-state index is -1.07. The van der Waals surface area contributed by atoms with Gasteiger partial charge in [-0.05, 0) is 36.7 Å². The van der Waals surface area contributed by atoms with Gasteiger partial charge in [-0.25, -0.2) is 4.79 Å². The lowest BCUT2D eigenvalue weighted by Crippen LogP contribution is -2.65. The summed E-state index contributed by atoms with van der Waals surface area (Å²) in [4.78, 5) is 72.1. The molecule has 9 atom stereocenters. The Kier molecular flexibility index (Phi) is 16.3. The van der Waals surface area contributed by atoms with Crippen molar-refractivity contribution in [3.8, 4) is 0 Å². The Bertz CT molecular complexity index is 1350. The summed E-state index contributed by atoms with van der Waals surface area (Å²) in [6.07, 6.45) is 1.23. The number of ether oxygens (including phenoxy) is 2. The molecule has 52 heavy (non-hydrogen) atoms.